The lowest BCUT2D eigenvalue weighted by molar-refractivity contribution is -0.143. The number of carbonyl (C=O) groups excluding carboxylic acids is 1. The molecule has 1 aromatic heterocycles. The fourth-order valence-corrected chi connectivity index (χ4v) is 1.24. The van der Waals surface area contributed by atoms with Crippen LogP contribution in [-0.2, 0) is 9.53 Å². The summed E-state index contributed by atoms with van der Waals surface area (Å²) in [6.07, 6.45) is 5.03. The molecule has 4 heteroatoms. The standard InChI is InChI=1S/C12H16N2O2/c1-9(2)11(12(15)16-3)14-8-10-5-4-6-13-7-10/h4-9,11H,1-3H3/t11-/m0/s1. The number of carbonyl (C=O) groups is 1. The van der Waals surface area contributed by atoms with Gasteiger partial charge in [-0.2, -0.15) is 0 Å². The molecule has 4 nitrogen and oxygen atoms in total. The Bertz CT molecular complexity index is 361. The van der Waals surface area contributed by atoms with E-state index in [4.69, 9.17) is 4.74 Å². The van der Waals surface area contributed by atoms with Gasteiger partial charge in [0.2, 0.25) is 0 Å². The lowest BCUT2D eigenvalue weighted by atomic mass is 10.1. The van der Waals surface area contributed by atoms with E-state index in [1.54, 1.807) is 18.6 Å². The smallest absolute Gasteiger partial charge is 0.330 e. The van der Waals surface area contributed by atoms with Gasteiger partial charge in [0.1, 0.15) is 6.04 Å². The topological polar surface area (TPSA) is 51.5 Å². The fraction of sp³-hybridized carbons (Fsp3) is 0.417. The van der Waals surface area contributed by atoms with E-state index >= 15 is 0 Å². The molecular formula is C12H16N2O2. The van der Waals surface area contributed by atoms with Crippen LogP contribution in [0.2, 0.25) is 0 Å². The van der Waals surface area contributed by atoms with Crippen molar-refractivity contribution in [2.75, 3.05) is 7.11 Å². The van der Waals surface area contributed by atoms with Gasteiger partial charge in [0.05, 0.1) is 7.11 Å². The van der Waals surface area contributed by atoms with Crippen LogP contribution >= 0.6 is 0 Å². The Kier molecular flexibility index (Phi) is 4.64. The van der Waals surface area contributed by atoms with E-state index < -0.39 is 6.04 Å². The SMILES string of the molecule is COC(=O)[C@@H](N=Cc1cccnc1)C(C)C. The first-order valence-electron chi connectivity index (χ1n) is 5.16. The Morgan fingerprint density at radius 2 is 2.31 bits per heavy atom. The minimum absolute atomic E-state index is 0.111. The molecule has 0 radical (unpaired) electrons. The third-order valence-electron chi connectivity index (χ3n) is 2.14. The van der Waals surface area contributed by atoms with Gasteiger partial charge in [-0.3, -0.25) is 9.98 Å². The summed E-state index contributed by atoms with van der Waals surface area (Å²) < 4.78 is 4.69. The average Bonchev–Trinajstić information content (AvgIpc) is 2.30. The highest BCUT2D eigenvalue weighted by Crippen LogP contribution is 2.08. The van der Waals surface area contributed by atoms with Gasteiger partial charge >= 0.3 is 5.97 Å². The first-order chi connectivity index (χ1) is 7.65. The monoisotopic (exact) mass is 220 g/mol. The molecule has 0 saturated carbocycles. The molecule has 0 N–H and O–H groups in total. The molecule has 86 valence electrons. The van der Waals surface area contributed by atoms with Crippen molar-refractivity contribution in [2.45, 2.75) is 19.9 Å². The van der Waals surface area contributed by atoms with Crippen molar-refractivity contribution in [1.82, 2.24) is 4.98 Å². The van der Waals surface area contributed by atoms with Crippen LogP contribution in [0.1, 0.15) is 19.4 Å². The number of esters is 1. The number of nitrogens with zero attached hydrogens (tertiary/aromatic N) is 2. The third-order valence-corrected chi connectivity index (χ3v) is 2.14. The Labute approximate surface area is 95.4 Å². The maximum atomic E-state index is 11.4. The van der Waals surface area contributed by atoms with Gasteiger partial charge in [-0.25, -0.2) is 4.79 Å². The van der Waals surface area contributed by atoms with Gasteiger partial charge in [-0.05, 0) is 12.0 Å². The van der Waals surface area contributed by atoms with E-state index in [1.165, 1.54) is 7.11 Å². The average molecular weight is 220 g/mol. The molecule has 0 spiro atoms. The summed E-state index contributed by atoms with van der Waals surface area (Å²) in [6.45, 7) is 3.87. The molecule has 1 atom stereocenters. The Hall–Kier alpha value is -1.71. The van der Waals surface area contributed by atoms with Crippen LogP contribution in [0.25, 0.3) is 0 Å². The Morgan fingerprint density at radius 1 is 1.56 bits per heavy atom. The van der Waals surface area contributed by atoms with Crippen LogP contribution in [0.3, 0.4) is 0 Å². The highest BCUT2D eigenvalue weighted by atomic mass is 16.5. The van der Waals surface area contributed by atoms with E-state index in [2.05, 4.69) is 9.98 Å². The minimum Gasteiger partial charge on any atom is -0.467 e. The first-order valence-corrected chi connectivity index (χ1v) is 5.16. The van der Waals surface area contributed by atoms with Gasteiger partial charge in [0, 0.05) is 24.2 Å². The lowest BCUT2D eigenvalue weighted by Crippen LogP contribution is -2.25. The largest absolute Gasteiger partial charge is 0.467 e. The van der Waals surface area contributed by atoms with Crippen molar-refractivity contribution in [1.29, 1.82) is 0 Å². The molecule has 1 rings (SSSR count). The minimum atomic E-state index is -0.454. The summed E-state index contributed by atoms with van der Waals surface area (Å²) in [5.74, 6) is -0.199. The molecule has 0 unspecified atom stereocenters. The third kappa shape index (κ3) is 3.46. The molecular weight excluding hydrogens is 204 g/mol. The maximum Gasteiger partial charge on any atom is 0.330 e. The van der Waals surface area contributed by atoms with Crippen LogP contribution in [0.15, 0.2) is 29.5 Å². The van der Waals surface area contributed by atoms with E-state index in [0.29, 0.717) is 0 Å². The molecule has 0 bridgehead atoms. The number of hydrogen-bond donors (Lipinski definition) is 0. The molecule has 16 heavy (non-hydrogen) atoms. The zero-order valence-corrected chi connectivity index (χ0v) is 9.75. The molecule has 1 aromatic rings. The van der Waals surface area contributed by atoms with Crippen molar-refractivity contribution in [3.8, 4) is 0 Å². The van der Waals surface area contributed by atoms with Gasteiger partial charge in [0.15, 0.2) is 0 Å². The fourth-order valence-electron chi connectivity index (χ4n) is 1.24. The second-order valence-corrected chi connectivity index (χ2v) is 3.78. The maximum absolute atomic E-state index is 11.4. The van der Waals surface area contributed by atoms with E-state index in [1.807, 2.05) is 26.0 Å². The predicted molar refractivity (Wildman–Crippen MR) is 62.5 cm³/mol. The zero-order valence-electron chi connectivity index (χ0n) is 9.75. The van der Waals surface area contributed by atoms with Crippen molar-refractivity contribution in [2.24, 2.45) is 10.9 Å². The second-order valence-electron chi connectivity index (χ2n) is 3.78. The molecule has 0 aliphatic heterocycles. The van der Waals surface area contributed by atoms with Gasteiger partial charge in [0.25, 0.3) is 0 Å². The summed E-state index contributed by atoms with van der Waals surface area (Å²) in [5.41, 5.74) is 0.872. The van der Waals surface area contributed by atoms with Crippen LogP contribution in [0.4, 0.5) is 0 Å². The highest BCUT2D eigenvalue weighted by molar-refractivity contribution is 5.83. The number of pyridine rings is 1. The van der Waals surface area contributed by atoms with Crippen LogP contribution in [-0.4, -0.2) is 30.3 Å². The Balaban J connectivity index is 2.76. The zero-order chi connectivity index (χ0) is 12.0. The quantitative estimate of drug-likeness (QED) is 0.573. The predicted octanol–water partition coefficient (Wildman–Crippen LogP) is 1.70. The van der Waals surface area contributed by atoms with Crippen LogP contribution in [0.5, 0.6) is 0 Å². The number of aliphatic imine (C=N–C) groups is 1. The highest BCUT2D eigenvalue weighted by Gasteiger charge is 2.20. The van der Waals surface area contributed by atoms with Crippen molar-refractivity contribution in [3.05, 3.63) is 30.1 Å². The van der Waals surface area contributed by atoms with E-state index in [-0.39, 0.29) is 11.9 Å². The summed E-state index contributed by atoms with van der Waals surface area (Å²) in [7, 11) is 1.37. The summed E-state index contributed by atoms with van der Waals surface area (Å²) in [6, 6.07) is 3.25. The van der Waals surface area contributed by atoms with Crippen molar-refractivity contribution < 1.29 is 9.53 Å². The number of methoxy groups -OCH3 is 1. The second kappa shape index (κ2) is 6.00. The number of hydrogen-bond acceptors (Lipinski definition) is 4. The van der Waals surface area contributed by atoms with Crippen molar-refractivity contribution >= 4 is 12.2 Å². The Morgan fingerprint density at radius 3 is 2.81 bits per heavy atom. The van der Waals surface area contributed by atoms with E-state index in [9.17, 15) is 4.79 Å². The first kappa shape index (κ1) is 12.4. The van der Waals surface area contributed by atoms with Gasteiger partial charge < -0.3 is 4.74 Å². The van der Waals surface area contributed by atoms with Crippen molar-refractivity contribution in [3.63, 3.8) is 0 Å². The van der Waals surface area contributed by atoms with Gasteiger partial charge in [-0.1, -0.05) is 19.9 Å². The molecule has 0 fully saturated rings. The number of aromatic nitrogens is 1. The molecule has 1 heterocycles. The van der Waals surface area contributed by atoms with Crippen LogP contribution in [0, 0.1) is 5.92 Å². The molecule has 0 aliphatic carbocycles. The van der Waals surface area contributed by atoms with Gasteiger partial charge in [-0.15, -0.1) is 0 Å². The summed E-state index contributed by atoms with van der Waals surface area (Å²) in [5, 5.41) is 0. The summed E-state index contributed by atoms with van der Waals surface area (Å²) >= 11 is 0. The molecule has 0 aliphatic rings. The number of rotatable bonds is 4. The van der Waals surface area contributed by atoms with E-state index in [0.717, 1.165) is 5.56 Å². The lowest BCUT2D eigenvalue weighted by Gasteiger charge is -2.13. The normalized spacial score (nSPS) is 13.0. The van der Waals surface area contributed by atoms with Crippen LogP contribution < -0.4 is 0 Å². The number of ether oxygens (including phenoxy) is 1. The summed E-state index contributed by atoms with van der Waals surface area (Å²) in [4.78, 5) is 19.6. The molecule has 0 amide bonds. The molecule has 0 aromatic carbocycles. The molecule has 0 saturated heterocycles.